The Morgan fingerprint density at radius 3 is 2.52 bits per heavy atom. The van der Waals surface area contributed by atoms with Crippen molar-refractivity contribution in [2.45, 2.75) is 20.3 Å². The van der Waals surface area contributed by atoms with E-state index in [-0.39, 0.29) is 5.91 Å². The summed E-state index contributed by atoms with van der Waals surface area (Å²) in [5, 5.41) is 2.92. The number of carbonyl (C=O) groups is 1. The highest BCUT2D eigenvalue weighted by Crippen LogP contribution is 2.25. The molecular formula is C18H28N2O3. The number of hydrogen-bond acceptors (Lipinski definition) is 4. The summed E-state index contributed by atoms with van der Waals surface area (Å²) in [5.74, 6) is 2.80. The van der Waals surface area contributed by atoms with Crippen LogP contribution in [0.1, 0.15) is 20.3 Å². The van der Waals surface area contributed by atoms with Crippen molar-refractivity contribution in [1.29, 1.82) is 0 Å². The molecule has 1 aliphatic rings. The lowest BCUT2D eigenvalue weighted by Crippen LogP contribution is -2.45. The molecule has 1 fully saturated rings. The molecule has 2 rings (SSSR count). The Morgan fingerprint density at radius 1 is 1.22 bits per heavy atom. The molecule has 5 nitrogen and oxygen atoms in total. The molecule has 1 aromatic rings. The van der Waals surface area contributed by atoms with Crippen molar-refractivity contribution in [1.82, 2.24) is 10.2 Å². The second-order valence-electron chi connectivity index (χ2n) is 6.49. The number of piperidine rings is 1. The van der Waals surface area contributed by atoms with Gasteiger partial charge in [0.25, 0.3) is 0 Å². The molecule has 0 bridgehead atoms. The van der Waals surface area contributed by atoms with Crippen molar-refractivity contribution in [3.05, 3.63) is 24.3 Å². The first-order valence-corrected chi connectivity index (χ1v) is 8.33. The summed E-state index contributed by atoms with van der Waals surface area (Å²) in [6.07, 6.45) is 1.25. The van der Waals surface area contributed by atoms with Gasteiger partial charge in [-0.25, -0.2) is 0 Å². The Bertz CT molecular complexity index is 497. The molecule has 0 radical (unpaired) electrons. The van der Waals surface area contributed by atoms with Gasteiger partial charge in [0, 0.05) is 13.1 Å². The lowest BCUT2D eigenvalue weighted by atomic mass is 9.92. The molecule has 2 atom stereocenters. The predicted octanol–water partition coefficient (Wildman–Crippen LogP) is 2.17. The predicted molar refractivity (Wildman–Crippen MR) is 90.9 cm³/mol. The highest BCUT2D eigenvalue weighted by Gasteiger charge is 2.23. The molecule has 1 heterocycles. The molecule has 128 valence electrons. The minimum atomic E-state index is 0.0647. The van der Waals surface area contributed by atoms with Crippen molar-refractivity contribution < 1.29 is 14.3 Å². The van der Waals surface area contributed by atoms with E-state index in [4.69, 9.17) is 9.47 Å². The van der Waals surface area contributed by atoms with Crippen LogP contribution in [0.2, 0.25) is 0 Å². The molecule has 0 aliphatic carbocycles. The van der Waals surface area contributed by atoms with E-state index in [2.05, 4.69) is 24.1 Å². The van der Waals surface area contributed by atoms with E-state index in [0.717, 1.165) is 13.1 Å². The molecular weight excluding hydrogens is 292 g/mol. The van der Waals surface area contributed by atoms with E-state index < -0.39 is 0 Å². The average Bonchev–Trinajstić information content (AvgIpc) is 2.51. The summed E-state index contributed by atoms with van der Waals surface area (Å²) in [7, 11) is 1.62. The van der Waals surface area contributed by atoms with Gasteiger partial charge in [-0.15, -0.1) is 0 Å². The van der Waals surface area contributed by atoms with Crippen LogP contribution in [0.3, 0.4) is 0 Å². The second kappa shape index (κ2) is 8.77. The smallest absolute Gasteiger partial charge is 0.234 e. The SMILES string of the molecule is COc1ccccc1OCCNC(=O)CN1C[C@H](C)C[C@H](C)C1. The Labute approximate surface area is 139 Å². The summed E-state index contributed by atoms with van der Waals surface area (Å²) in [6, 6.07) is 7.51. The van der Waals surface area contributed by atoms with Gasteiger partial charge in [-0.3, -0.25) is 9.69 Å². The minimum absolute atomic E-state index is 0.0647. The Hall–Kier alpha value is -1.75. The fourth-order valence-corrected chi connectivity index (χ4v) is 3.27. The number of hydrogen-bond donors (Lipinski definition) is 1. The van der Waals surface area contributed by atoms with Crippen LogP contribution in [-0.4, -0.2) is 50.7 Å². The largest absolute Gasteiger partial charge is 0.493 e. The van der Waals surface area contributed by atoms with Gasteiger partial charge in [0.1, 0.15) is 6.61 Å². The average molecular weight is 320 g/mol. The van der Waals surface area contributed by atoms with Gasteiger partial charge in [0.15, 0.2) is 11.5 Å². The first-order valence-electron chi connectivity index (χ1n) is 8.33. The summed E-state index contributed by atoms with van der Waals surface area (Å²) in [5.41, 5.74) is 0. The molecule has 0 spiro atoms. The third kappa shape index (κ3) is 5.75. The zero-order valence-electron chi connectivity index (χ0n) is 14.4. The van der Waals surface area contributed by atoms with Crippen LogP contribution in [0, 0.1) is 11.8 Å². The topological polar surface area (TPSA) is 50.8 Å². The second-order valence-corrected chi connectivity index (χ2v) is 6.49. The Balaban J connectivity index is 1.67. The number of nitrogens with zero attached hydrogens (tertiary/aromatic N) is 1. The molecule has 1 aromatic carbocycles. The molecule has 0 saturated carbocycles. The first-order chi connectivity index (χ1) is 11.1. The van der Waals surface area contributed by atoms with Crippen LogP contribution < -0.4 is 14.8 Å². The molecule has 1 saturated heterocycles. The van der Waals surface area contributed by atoms with Crippen LogP contribution in [-0.2, 0) is 4.79 Å². The molecule has 1 N–H and O–H groups in total. The normalized spacial score (nSPS) is 21.7. The zero-order chi connectivity index (χ0) is 16.7. The quantitative estimate of drug-likeness (QED) is 0.782. The fraction of sp³-hybridized carbons (Fsp3) is 0.611. The van der Waals surface area contributed by atoms with E-state index in [9.17, 15) is 4.79 Å². The summed E-state index contributed by atoms with van der Waals surface area (Å²) in [4.78, 5) is 14.3. The highest BCUT2D eigenvalue weighted by atomic mass is 16.5. The number of benzene rings is 1. The summed E-state index contributed by atoms with van der Waals surface area (Å²) < 4.78 is 10.9. The van der Waals surface area contributed by atoms with E-state index >= 15 is 0 Å². The van der Waals surface area contributed by atoms with E-state index in [0.29, 0.717) is 43.0 Å². The standard InChI is InChI=1S/C18H28N2O3/c1-14-10-15(2)12-20(11-14)13-18(21)19-8-9-23-17-7-5-4-6-16(17)22-3/h4-7,14-15H,8-13H2,1-3H3,(H,19,21)/t14-,15+. The maximum Gasteiger partial charge on any atom is 0.234 e. The molecule has 1 aliphatic heterocycles. The number of likely N-dealkylation sites (tertiary alicyclic amines) is 1. The van der Waals surface area contributed by atoms with Gasteiger partial charge in [-0.2, -0.15) is 0 Å². The molecule has 23 heavy (non-hydrogen) atoms. The van der Waals surface area contributed by atoms with Crippen molar-refractivity contribution in [2.24, 2.45) is 11.8 Å². The lowest BCUT2D eigenvalue weighted by Gasteiger charge is -2.34. The monoisotopic (exact) mass is 320 g/mol. The number of amides is 1. The summed E-state index contributed by atoms with van der Waals surface area (Å²) >= 11 is 0. The van der Waals surface area contributed by atoms with Crippen LogP contribution in [0.15, 0.2) is 24.3 Å². The number of rotatable bonds is 7. The first kappa shape index (κ1) is 17.6. The number of ether oxygens (including phenoxy) is 2. The van der Waals surface area contributed by atoms with Crippen molar-refractivity contribution in [3.63, 3.8) is 0 Å². The van der Waals surface area contributed by atoms with Crippen LogP contribution in [0.25, 0.3) is 0 Å². The lowest BCUT2D eigenvalue weighted by molar-refractivity contribution is -0.122. The molecule has 0 aromatic heterocycles. The minimum Gasteiger partial charge on any atom is -0.493 e. The van der Waals surface area contributed by atoms with E-state index in [1.54, 1.807) is 7.11 Å². The van der Waals surface area contributed by atoms with Gasteiger partial charge >= 0.3 is 0 Å². The molecule has 5 heteroatoms. The van der Waals surface area contributed by atoms with Gasteiger partial charge in [-0.1, -0.05) is 26.0 Å². The van der Waals surface area contributed by atoms with Crippen LogP contribution >= 0.6 is 0 Å². The third-order valence-electron chi connectivity index (χ3n) is 4.06. The maximum atomic E-state index is 12.0. The number of carbonyl (C=O) groups excluding carboxylic acids is 1. The molecule has 0 unspecified atom stereocenters. The molecule has 1 amide bonds. The van der Waals surface area contributed by atoms with E-state index in [1.807, 2.05) is 24.3 Å². The fourth-order valence-electron chi connectivity index (χ4n) is 3.27. The number of methoxy groups -OCH3 is 1. The highest BCUT2D eigenvalue weighted by molar-refractivity contribution is 5.78. The van der Waals surface area contributed by atoms with Gasteiger partial charge in [0.2, 0.25) is 5.91 Å². The number of nitrogens with one attached hydrogen (secondary N) is 1. The van der Waals surface area contributed by atoms with E-state index in [1.165, 1.54) is 6.42 Å². The van der Waals surface area contributed by atoms with Crippen LogP contribution in [0.4, 0.5) is 0 Å². The van der Waals surface area contributed by atoms with Crippen molar-refractivity contribution >= 4 is 5.91 Å². The third-order valence-corrected chi connectivity index (χ3v) is 4.06. The Morgan fingerprint density at radius 2 is 1.87 bits per heavy atom. The van der Waals surface area contributed by atoms with Gasteiger partial charge in [0.05, 0.1) is 20.2 Å². The van der Waals surface area contributed by atoms with Gasteiger partial charge in [-0.05, 0) is 30.4 Å². The maximum absolute atomic E-state index is 12.0. The van der Waals surface area contributed by atoms with Crippen LogP contribution in [0.5, 0.6) is 11.5 Å². The van der Waals surface area contributed by atoms with Crippen molar-refractivity contribution in [2.75, 3.05) is 39.9 Å². The zero-order valence-corrected chi connectivity index (χ0v) is 14.4. The van der Waals surface area contributed by atoms with Crippen molar-refractivity contribution in [3.8, 4) is 11.5 Å². The van der Waals surface area contributed by atoms with Gasteiger partial charge < -0.3 is 14.8 Å². The Kier molecular flexibility index (Phi) is 6.71. The summed E-state index contributed by atoms with van der Waals surface area (Å²) in [6.45, 7) is 7.92. The number of para-hydroxylation sites is 2.